The molecule has 0 fully saturated rings. The first kappa shape index (κ1) is 19.4. The van der Waals surface area contributed by atoms with Crippen LogP contribution in [-0.2, 0) is 0 Å². The van der Waals surface area contributed by atoms with Crippen molar-refractivity contribution in [2.45, 2.75) is 5.92 Å². The highest BCUT2D eigenvalue weighted by Gasteiger charge is 2.33. The standard InChI is InChI=1S/C19H18ClN7O/c1-22-18(26(2)19(28)23-25-21)27-12-16(13-6-4-3-5-7-13)17(24-27)14-8-10-15(20)11-9-14/h3-11,16H,12H2,1-2H3/b22-18+/t16-/m0/s1. The number of amides is 2. The smallest absolute Gasteiger partial charge is 0.279 e. The van der Waals surface area contributed by atoms with Crippen molar-refractivity contribution in [3.05, 3.63) is 81.2 Å². The first-order chi connectivity index (χ1) is 13.5. The number of hydrogen-bond donors (Lipinski definition) is 0. The van der Waals surface area contributed by atoms with Gasteiger partial charge in [-0.1, -0.05) is 54.1 Å². The minimum absolute atomic E-state index is 0.0258. The molecule has 0 aliphatic carbocycles. The lowest BCUT2D eigenvalue weighted by atomic mass is 9.91. The Morgan fingerprint density at radius 2 is 1.93 bits per heavy atom. The van der Waals surface area contributed by atoms with Gasteiger partial charge in [-0.05, 0) is 28.8 Å². The van der Waals surface area contributed by atoms with Crippen LogP contribution in [0.15, 0.2) is 69.8 Å². The van der Waals surface area contributed by atoms with E-state index in [1.54, 1.807) is 12.1 Å². The molecule has 142 valence electrons. The second kappa shape index (κ2) is 8.56. The molecule has 2 amide bonds. The van der Waals surface area contributed by atoms with Gasteiger partial charge in [0.15, 0.2) is 0 Å². The van der Waals surface area contributed by atoms with Crippen LogP contribution < -0.4 is 0 Å². The maximum absolute atomic E-state index is 12.0. The fraction of sp³-hybridized carbons (Fsp3) is 0.211. The quantitative estimate of drug-likeness (QED) is 0.246. The van der Waals surface area contributed by atoms with E-state index in [9.17, 15) is 4.79 Å². The average Bonchev–Trinajstić information content (AvgIpc) is 3.15. The van der Waals surface area contributed by atoms with Gasteiger partial charge in [-0.15, -0.1) is 0 Å². The van der Waals surface area contributed by atoms with E-state index in [4.69, 9.17) is 22.2 Å². The summed E-state index contributed by atoms with van der Waals surface area (Å²) in [4.78, 5) is 19.9. The van der Waals surface area contributed by atoms with Crippen LogP contribution in [0, 0.1) is 0 Å². The molecule has 0 N–H and O–H groups in total. The number of carbonyl (C=O) groups is 1. The summed E-state index contributed by atoms with van der Waals surface area (Å²) in [6.07, 6.45) is 0. The molecule has 8 nitrogen and oxygen atoms in total. The summed E-state index contributed by atoms with van der Waals surface area (Å²) in [5, 5.41) is 10.1. The fourth-order valence-corrected chi connectivity index (χ4v) is 3.21. The zero-order chi connectivity index (χ0) is 20.1. The van der Waals surface area contributed by atoms with E-state index in [-0.39, 0.29) is 5.92 Å². The van der Waals surface area contributed by atoms with Gasteiger partial charge in [0.2, 0.25) is 5.96 Å². The van der Waals surface area contributed by atoms with E-state index in [1.165, 1.54) is 11.9 Å². The van der Waals surface area contributed by atoms with Gasteiger partial charge in [0.05, 0.1) is 12.3 Å². The molecule has 1 atom stereocenters. The highest BCUT2D eigenvalue weighted by molar-refractivity contribution is 6.30. The van der Waals surface area contributed by atoms with Crippen LogP contribution in [0.25, 0.3) is 10.4 Å². The third-order valence-electron chi connectivity index (χ3n) is 4.40. The molecule has 0 saturated carbocycles. The summed E-state index contributed by atoms with van der Waals surface area (Å²) in [6, 6.07) is 16.7. The number of nitrogens with zero attached hydrogens (tertiary/aromatic N) is 7. The zero-order valence-corrected chi connectivity index (χ0v) is 16.2. The van der Waals surface area contributed by atoms with Gasteiger partial charge in [-0.2, -0.15) is 5.10 Å². The summed E-state index contributed by atoms with van der Waals surface area (Å²) in [5.74, 6) is 0.268. The monoisotopic (exact) mass is 395 g/mol. The van der Waals surface area contributed by atoms with Crippen LogP contribution in [0.4, 0.5) is 4.79 Å². The van der Waals surface area contributed by atoms with E-state index in [2.05, 4.69) is 15.0 Å². The largest absolute Gasteiger partial charge is 0.317 e. The maximum Gasteiger partial charge on any atom is 0.317 e. The summed E-state index contributed by atoms with van der Waals surface area (Å²) < 4.78 is 0. The molecule has 0 unspecified atom stereocenters. The first-order valence-corrected chi connectivity index (χ1v) is 8.89. The van der Waals surface area contributed by atoms with Crippen molar-refractivity contribution in [1.82, 2.24) is 9.91 Å². The number of benzene rings is 2. The van der Waals surface area contributed by atoms with Crippen LogP contribution in [-0.4, -0.2) is 48.3 Å². The molecule has 1 heterocycles. The molecule has 0 spiro atoms. The molecular weight excluding hydrogens is 378 g/mol. The zero-order valence-electron chi connectivity index (χ0n) is 15.4. The van der Waals surface area contributed by atoms with Crippen molar-refractivity contribution in [3.8, 4) is 0 Å². The van der Waals surface area contributed by atoms with E-state index >= 15 is 0 Å². The van der Waals surface area contributed by atoms with Crippen molar-refractivity contribution in [2.24, 2.45) is 15.2 Å². The van der Waals surface area contributed by atoms with Crippen molar-refractivity contribution >= 4 is 29.3 Å². The van der Waals surface area contributed by atoms with E-state index in [0.717, 1.165) is 16.8 Å². The predicted octanol–water partition coefficient (Wildman–Crippen LogP) is 4.49. The van der Waals surface area contributed by atoms with Gasteiger partial charge in [0, 0.05) is 35.1 Å². The topological polar surface area (TPSA) is 97.0 Å². The van der Waals surface area contributed by atoms with Crippen molar-refractivity contribution in [1.29, 1.82) is 0 Å². The van der Waals surface area contributed by atoms with Crippen molar-refractivity contribution < 1.29 is 4.79 Å². The number of rotatable bonds is 2. The maximum atomic E-state index is 12.0. The van der Waals surface area contributed by atoms with Gasteiger partial charge in [-0.3, -0.25) is 14.7 Å². The van der Waals surface area contributed by atoms with Gasteiger partial charge in [-0.25, -0.2) is 5.01 Å². The lowest BCUT2D eigenvalue weighted by molar-refractivity contribution is 0.230. The van der Waals surface area contributed by atoms with Crippen LogP contribution >= 0.6 is 11.6 Å². The average molecular weight is 396 g/mol. The Bertz CT molecular complexity index is 966. The molecule has 2 aromatic rings. The van der Waals surface area contributed by atoms with Gasteiger partial charge < -0.3 is 0 Å². The van der Waals surface area contributed by atoms with Crippen molar-refractivity contribution in [3.63, 3.8) is 0 Å². The Hall–Kier alpha value is -3.35. The second-order valence-corrected chi connectivity index (χ2v) is 6.53. The van der Waals surface area contributed by atoms with Crippen LogP contribution in [0.3, 0.4) is 0 Å². The summed E-state index contributed by atoms with van der Waals surface area (Å²) in [5.41, 5.74) is 11.4. The first-order valence-electron chi connectivity index (χ1n) is 8.51. The molecule has 28 heavy (non-hydrogen) atoms. The third kappa shape index (κ3) is 3.98. The molecule has 1 aliphatic heterocycles. The van der Waals surface area contributed by atoms with Crippen LogP contribution in [0.1, 0.15) is 17.0 Å². The minimum Gasteiger partial charge on any atom is -0.279 e. The molecule has 0 bridgehead atoms. The Balaban J connectivity index is 2.00. The highest BCUT2D eigenvalue weighted by Crippen LogP contribution is 2.29. The number of aliphatic imine (C=N–C) groups is 1. The predicted molar refractivity (Wildman–Crippen MR) is 110 cm³/mol. The van der Waals surface area contributed by atoms with E-state index in [0.29, 0.717) is 17.5 Å². The molecule has 0 aromatic heterocycles. The number of carbonyl (C=O) groups excluding carboxylic acids is 1. The second-order valence-electron chi connectivity index (χ2n) is 6.09. The lowest BCUT2D eigenvalue weighted by Gasteiger charge is -2.24. The highest BCUT2D eigenvalue weighted by atomic mass is 35.5. The molecule has 0 saturated heterocycles. The fourth-order valence-electron chi connectivity index (χ4n) is 3.08. The normalized spacial score (nSPS) is 16.4. The number of azide groups is 1. The summed E-state index contributed by atoms with van der Waals surface area (Å²) >= 11 is 6.03. The Kier molecular flexibility index (Phi) is 5.93. The molecule has 3 rings (SSSR count). The van der Waals surface area contributed by atoms with E-state index < -0.39 is 6.03 Å². The number of halogens is 1. The molecule has 1 aliphatic rings. The van der Waals surface area contributed by atoms with Crippen molar-refractivity contribution in [2.75, 3.05) is 20.6 Å². The van der Waals surface area contributed by atoms with Crippen LogP contribution in [0.5, 0.6) is 0 Å². The van der Waals surface area contributed by atoms with Gasteiger partial charge in [0.25, 0.3) is 0 Å². The Morgan fingerprint density at radius 3 is 2.54 bits per heavy atom. The molecule has 0 radical (unpaired) electrons. The number of urea groups is 1. The summed E-state index contributed by atoms with van der Waals surface area (Å²) in [6.45, 7) is 0.489. The SMILES string of the molecule is C/N=C(/N1C[C@@H](c2ccccc2)C(c2ccc(Cl)cc2)=N1)N(C)C(=O)N=[N+]=[N-]. The third-order valence-corrected chi connectivity index (χ3v) is 4.66. The van der Waals surface area contributed by atoms with Gasteiger partial charge >= 0.3 is 6.03 Å². The lowest BCUT2D eigenvalue weighted by Crippen LogP contribution is -2.41. The number of hydrogen-bond acceptors (Lipinski definition) is 3. The van der Waals surface area contributed by atoms with E-state index in [1.807, 2.05) is 54.6 Å². The number of guanidine groups is 1. The Labute approximate surface area is 167 Å². The minimum atomic E-state index is -0.755. The Morgan fingerprint density at radius 1 is 1.25 bits per heavy atom. The molecule has 9 heteroatoms. The molecular formula is C19H18ClN7O. The summed E-state index contributed by atoms with van der Waals surface area (Å²) in [7, 11) is 3.05. The number of hydrazone groups is 1. The molecule has 2 aromatic carbocycles. The van der Waals surface area contributed by atoms with Gasteiger partial charge in [0.1, 0.15) is 0 Å². The van der Waals surface area contributed by atoms with Crippen LogP contribution in [0.2, 0.25) is 5.02 Å².